The van der Waals surface area contributed by atoms with Crippen LogP contribution in [0.3, 0.4) is 0 Å². The largest absolute Gasteiger partial charge is 0.504 e. The Kier molecular flexibility index (Phi) is 10.6. The molecule has 0 radical (unpaired) electrons. The van der Waals surface area contributed by atoms with Gasteiger partial charge >= 0.3 is 0 Å². The Hall–Kier alpha value is -0.680. The maximum Gasteiger partial charge on any atom is 0.160 e. The van der Waals surface area contributed by atoms with Crippen LogP contribution in [0.4, 0.5) is 0 Å². The van der Waals surface area contributed by atoms with Crippen LogP contribution < -0.4 is 10.1 Å². The molecule has 1 saturated heterocycles. The van der Waals surface area contributed by atoms with E-state index in [1.54, 1.807) is 7.11 Å². The van der Waals surface area contributed by atoms with Crippen LogP contribution in [0.15, 0.2) is 18.2 Å². The number of nitrogens with zero attached hydrogens (tertiary/aromatic N) is 1. The highest BCUT2D eigenvalue weighted by atomic mass is 35.5. The van der Waals surface area contributed by atoms with Crippen molar-refractivity contribution in [2.24, 2.45) is 0 Å². The fourth-order valence-corrected chi connectivity index (χ4v) is 2.87. The fraction of sp³-hybridized carbons (Fsp3) is 0.625. The molecule has 0 unspecified atom stereocenters. The van der Waals surface area contributed by atoms with Gasteiger partial charge in [-0.3, -0.25) is 4.90 Å². The Morgan fingerprint density at radius 3 is 2.50 bits per heavy atom. The number of rotatable bonds is 6. The molecule has 0 amide bonds. The van der Waals surface area contributed by atoms with E-state index in [2.05, 4.69) is 23.2 Å². The van der Waals surface area contributed by atoms with Crippen LogP contribution in [-0.4, -0.2) is 43.3 Å². The lowest BCUT2D eigenvalue weighted by Gasteiger charge is -2.35. The third-order valence-electron chi connectivity index (χ3n) is 4.01. The number of piperazine rings is 1. The molecule has 22 heavy (non-hydrogen) atoms. The highest BCUT2D eigenvalue weighted by Gasteiger charge is 2.22. The Morgan fingerprint density at radius 1 is 1.27 bits per heavy atom. The molecule has 2 N–H and O–H groups in total. The number of ether oxygens (including phenoxy) is 1. The summed E-state index contributed by atoms with van der Waals surface area (Å²) in [6.45, 7) is 6.46. The molecule has 128 valence electrons. The van der Waals surface area contributed by atoms with Crippen LogP contribution in [0.5, 0.6) is 11.5 Å². The molecule has 1 atom stereocenters. The summed E-state index contributed by atoms with van der Waals surface area (Å²) < 4.78 is 5.13. The number of aromatic hydroxyl groups is 1. The quantitative estimate of drug-likeness (QED) is 0.825. The Labute approximate surface area is 146 Å². The number of hydrogen-bond donors (Lipinski definition) is 2. The van der Waals surface area contributed by atoms with Gasteiger partial charge in [0, 0.05) is 32.2 Å². The summed E-state index contributed by atoms with van der Waals surface area (Å²) >= 11 is 0. The zero-order valence-corrected chi connectivity index (χ0v) is 15.0. The van der Waals surface area contributed by atoms with Gasteiger partial charge in [-0.2, -0.15) is 0 Å². The predicted molar refractivity (Wildman–Crippen MR) is 95.9 cm³/mol. The van der Waals surface area contributed by atoms with Gasteiger partial charge in [-0.1, -0.05) is 25.8 Å². The van der Waals surface area contributed by atoms with E-state index in [1.165, 1.54) is 18.4 Å². The summed E-state index contributed by atoms with van der Waals surface area (Å²) in [4.78, 5) is 2.52. The van der Waals surface area contributed by atoms with Crippen LogP contribution in [0.25, 0.3) is 0 Å². The SMILES string of the molecule is CCCC[C@@H](c1ccc(OC)c(O)c1)N1CCNCC1.Cl.Cl. The number of methoxy groups -OCH3 is 1. The van der Waals surface area contributed by atoms with Gasteiger partial charge in [0.05, 0.1) is 7.11 Å². The second-order valence-electron chi connectivity index (χ2n) is 5.38. The Balaban J connectivity index is 0.00000220. The summed E-state index contributed by atoms with van der Waals surface area (Å²) in [5, 5.41) is 13.4. The lowest BCUT2D eigenvalue weighted by molar-refractivity contribution is 0.163. The van der Waals surface area contributed by atoms with Gasteiger partial charge in [0.25, 0.3) is 0 Å². The van der Waals surface area contributed by atoms with Crippen molar-refractivity contribution in [1.82, 2.24) is 10.2 Å². The smallest absolute Gasteiger partial charge is 0.160 e. The number of benzene rings is 1. The average Bonchev–Trinajstić information content (AvgIpc) is 2.49. The standard InChI is InChI=1S/C16H26N2O2.2ClH/c1-3-4-5-14(18-10-8-17-9-11-18)13-6-7-16(20-2)15(19)12-13;;/h6-7,12,14,17,19H,3-5,8-11H2,1-2H3;2*1H/t14-;;/m0../s1. The molecule has 6 heteroatoms. The number of phenolic OH excluding ortho intramolecular Hbond substituents is 1. The van der Waals surface area contributed by atoms with Crippen LogP contribution >= 0.6 is 24.8 Å². The topological polar surface area (TPSA) is 44.7 Å². The van der Waals surface area contributed by atoms with Crippen molar-refractivity contribution in [1.29, 1.82) is 0 Å². The fourth-order valence-electron chi connectivity index (χ4n) is 2.87. The Morgan fingerprint density at radius 2 is 1.95 bits per heavy atom. The van der Waals surface area contributed by atoms with Crippen LogP contribution in [0.2, 0.25) is 0 Å². The number of phenols is 1. The van der Waals surface area contributed by atoms with E-state index in [4.69, 9.17) is 4.74 Å². The molecule has 1 aromatic carbocycles. The minimum atomic E-state index is 0. The van der Waals surface area contributed by atoms with Gasteiger partial charge in [-0.15, -0.1) is 24.8 Å². The molecule has 0 aromatic heterocycles. The summed E-state index contributed by atoms with van der Waals surface area (Å²) in [7, 11) is 1.58. The molecule has 1 fully saturated rings. The van der Waals surface area contributed by atoms with Gasteiger partial charge < -0.3 is 15.2 Å². The minimum absolute atomic E-state index is 0. The van der Waals surface area contributed by atoms with Gasteiger partial charge in [0.15, 0.2) is 11.5 Å². The zero-order valence-electron chi connectivity index (χ0n) is 13.4. The third-order valence-corrected chi connectivity index (χ3v) is 4.01. The highest BCUT2D eigenvalue weighted by molar-refractivity contribution is 5.85. The molecular weight excluding hydrogens is 323 g/mol. The molecule has 0 bridgehead atoms. The van der Waals surface area contributed by atoms with Crippen molar-refractivity contribution >= 4 is 24.8 Å². The van der Waals surface area contributed by atoms with Crippen molar-refractivity contribution in [2.45, 2.75) is 32.2 Å². The van der Waals surface area contributed by atoms with Crippen LogP contribution in [0.1, 0.15) is 37.8 Å². The monoisotopic (exact) mass is 350 g/mol. The average molecular weight is 351 g/mol. The normalized spacial score (nSPS) is 16.3. The maximum absolute atomic E-state index is 10.0. The Bertz CT molecular complexity index is 427. The first-order valence-corrected chi connectivity index (χ1v) is 7.58. The van der Waals surface area contributed by atoms with Crippen molar-refractivity contribution in [3.05, 3.63) is 23.8 Å². The first-order valence-electron chi connectivity index (χ1n) is 7.58. The van der Waals surface area contributed by atoms with E-state index >= 15 is 0 Å². The van der Waals surface area contributed by atoms with Gasteiger partial charge in [0.2, 0.25) is 0 Å². The molecule has 1 aliphatic heterocycles. The maximum atomic E-state index is 10.0. The van der Waals surface area contributed by atoms with E-state index in [0.717, 1.165) is 32.6 Å². The summed E-state index contributed by atoms with van der Waals surface area (Å²) in [5.74, 6) is 0.782. The molecule has 0 spiro atoms. The van der Waals surface area contributed by atoms with E-state index < -0.39 is 0 Å². The highest BCUT2D eigenvalue weighted by Crippen LogP contribution is 2.33. The van der Waals surface area contributed by atoms with E-state index in [9.17, 15) is 5.11 Å². The molecule has 2 rings (SSSR count). The predicted octanol–water partition coefficient (Wildman–Crippen LogP) is 3.38. The van der Waals surface area contributed by atoms with Crippen LogP contribution in [0, 0.1) is 0 Å². The summed E-state index contributed by atoms with van der Waals surface area (Å²) in [6.07, 6.45) is 3.55. The lowest BCUT2D eigenvalue weighted by Crippen LogP contribution is -2.45. The zero-order chi connectivity index (χ0) is 14.4. The first kappa shape index (κ1) is 21.3. The van der Waals surface area contributed by atoms with Crippen molar-refractivity contribution < 1.29 is 9.84 Å². The number of unbranched alkanes of at least 4 members (excludes halogenated alkanes) is 1. The molecule has 0 aliphatic carbocycles. The molecule has 1 aliphatic rings. The molecule has 1 aromatic rings. The molecule has 0 saturated carbocycles. The number of halogens is 2. The van der Waals surface area contributed by atoms with E-state index in [-0.39, 0.29) is 30.6 Å². The van der Waals surface area contributed by atoms with Crippen molar-refractivity contribution in [3.8, 4) is 11.5 Å². The molecular formula is C16H28Cl2N2O2. The van der Waals surface area contributed by atoms with E-state index in [1.807, 2.05) is 12.1 Å². The molecule has 4 nitrogen and oxygen atoms in total. The van der Waals surface area contributed by atoms with Crippen molar-refractivity contribution in [2.75, 3.05) is 33.3 Å². The summed E-state index contributed by atoms with van der Waals surface area (Å²) in [5.41, 5.74) is 1.19. The van der Waals surface area contributed by atoms with Crippen LogP contribution in [-0.2, 0) is 0 Å². The number of hydrogen-bond acceptors (Lipinski definition) is 4. The van der Waals surface area contributed by atoms with Crippen molar-refractivity contribution in [3.63, 3.8) is 0 Å². The second kappa shape index (κ2) is 10.9. The first-order chi connectivity index (χ1) is 9.76. The van der Waals surface area contributed by atoms with Gasteiger partial charge in [-0.25, -0.2) is 0 Å². The number of nitrogens with one attached hydrogen (secondary N) is 1. The second-order valence-corrected chi connectivity index (χ2v) is 5.38. The lowest BCUT2D eigenvalue weighted by atomic mass is 9.98. The summed E-state index contributed by atoms with van der Waals surface area (Å²) in [6, 6.07) is 6.21. The van der Waals surface area contributed by atoms with E-state index in [0.29, 0.717) is 11.8 Å². The minimum Gasteiger partial charge on any atom is -0.504 e. The molecule has 1 heterocycles. The third kappa shape index (κ3) is 5.51. The van der Waals surface area contributed by atoms with Gasteiger partial charge in [-0.05, 0) is 24.1 Å². The van der Waals surface area contributed by atoms with Gasteiger partial charge in [0.1, 0.15) is 0 Å².